The van der Waals surface area contributed by atoms with Gasteiger partial charge in [0.2, 0.25) is 21.0 Å². The number of phenolic OH excluding ortho intramolecular Hbond substituents is 1. The number of ether oxygens (including phenoxy) is 1. The predicted molar refractivity (Wildman–Crippen MR) is 71.8 cm³/mol. The Hall–Kier alpha value is -1.78. The van der Waals surface area contributed by atoms with E-state index in [2.05, 4.69) is 31.7 Å². The maximum Gasteiger partial charge on any atom is 0.503 e. The van der Waals surface area contributed by atoms with E-state index in [9.17, 15) is 5.11 Å². The molecule has 0 aliphatic carbocycles. The molecule has 0 saturated heterocycles. The molecule has 0 fully saturated rings. The summed E-state index contributed by atoms with van der Waals surface area (Å²) in [5, 5.41) is 23.2. The summed E-state index contributed by atoms with van der Waals surface area (Å²) in [7, 11) is 6.73. The molecule has 0 atom stereocenters. The third kappa shape index (κ3) is 12.5. The van der Waals surface area contributed by atoms with E-state index >= 15 is 0 Å². The molecule has 19 heavy (non-hydrogen) atoms. The molecule has 1 aromatic carbocycles. The van der Waals surface area contributed by atoms with Gasteiger partial charge >= 0.3 is 6.16 Å². The highest BCUT2D eigenvalue weighted by Gasteiger charge is 2.00. The second-order valence-corrected chi connectivity index (χ2v) is 3.70. The zero-order chi connectivity index (χ0) is 15.3. The SMILES string of the molecule is C=CCc1ccc(O)c(OC)c1.O=C(O)O.[Si]O[Si]. The fourth-order valence-electron chi connectivity index (χ4n) is 1.02. The van der Waals surface area contributed by atoms with E-state index in [1.807, 2.05) is 12.1 Å². The first-order chi connectivity index (χ1) is 8.92. The third-order valence-electron chi connectivity index (χ3n) is 1.62. The Balaban J connectivity index is 0. The van der Waals surface area contributed by atoms with Crippen molar-refractivity contribution in [3.05, 3.63) is 36.4 Å². The number of benzene rings is 1. The van der Waals surface area contributed by atoms with Crippen LogP contribution in [0.15, 0.2) is 30.9 Å². The van der Waals surface area contributed by atoms with Gasteiger partial charge in [-0.25, -0.2) is 4.79 Å². The Labute approximate surface area is 118 Å². The molecule has 0 aliphatic rings. The van der Waals surface area contributed by atoms with Crippen LogP contribution in [0.1, 0.15) is 5.56 Å². The summed E-state index contributed by atoms with van der Waals surface area (Å²) >= 11 is 0. The highest BCUT2D eigenvalue weighted by atomic mass is 28.3. The van der Waals surface area contributed by atoms with Crippen LogP contribution in [-0.4, -0.2) is 49.6 Å². The van der Waals surface area contributed by atoms with Crippen LogP contribution in [-0.2, 0) is 10.5 Å². The van der Waals surface area contributed by atoms with Gasteiger partial charge in [0, 0.05) is 0 Å². The van der Waals surface area contributed by atoms with Gasteiger partial charge in [-0.15, -0.1) is 6.58 Å². The Morgan fingerprint density at radius 3 is 2.26 bits per heavy atom. The lowest BCUT2D eigenvalue weighted by Gasteiger charge is -2.04. The smallest absolute Gasteiger partial charge is 0.503 e. The molecule has 0 spiro atoms. The molecule has 0 heterocycles. The van der Waals surface area contributed by atoms with E-state index in [4.69, 9.17) is 19.7 Å². The van der Waals surface area contributed by atoms with Crippen molar-refractivity contribution in [2.75, 3.05) is 7.11 Å². The molecular formula is C11H14O6Si2. The van der Waals surface area contributed by atoms with Crippen molar-refractivity contribution < 1.29 is 29.0 Å². The summed E-state index contributed by atoms with van der Waals surface area (Å²) in [5.74, 6) is 0.680. The Kier molecular flexibility index (Phi) is 13.0. The molecule has 0 bridgehead atoms. The maximum atomic E-state index is 9.25. The fraction of sp³-hybridized carbons (Fsp3) is 0.182. The average Bonchev–Trinajstić information content (AvgIpc) is 2.32. The quantitative estimate of drug-likeness (QED) is 0.578. The number of allylic oxidation sites excluding steroid dienone is 1. The van der Waals surface area contributed by atoms with Gasteiger partial charge < -0.3 is 24.2 Å². The standard InChI is InChI=1S/C10H12O2.CH2O3.OSi2/c1-3-4-8-5-6-9(11)10(7-8)12-2;2-1(3)4;2-1-3/h3,5-7,11H,1,4H2,2H3;(H2,2,3,4);. The number of methoxy groups -OCH3 is 1. The number of phenols is 1. The Morgan fingerprint density at radius 1 is 1.42 bits per heavy atom. The fourth-order valence-corrected chi connectivity index (χ4v) is 1.02. The molecule has 8 heteroatoms. The minimum absolute atomic E-state index is 0.172. The Morgan fingerprint density at radius 2 is 1.89 bits per heavy atom. The van der Waals surface area contributed by atoms with Gasteiger partial charge in [-0.05, 0) is 24.1 Å². The lowest BCUT2D eigenvalue weighted by molar-refractivity contribution is 0.137. The molecule has 0 unspecified atom stereocenters. The van der Waals surface area contributed by atoms with Crippen LogP contribution in [0.4, 0.5) is 4.79 Å². The second kappa shape index (κ2) is 12.7. The van der Waals surface area contributed by atoms with Crippen LogP contribution in [0, 0.1) is 0 Å². The number of rotatable bonds is 3. The molecule has 1 rings (SSSR count). The van der Waals surface area contributed by atoms with E-state index in [-0.39, 0.29) is 5.75 Å². The van der Waals surface area contributed by atoms with Gasteiger partial charge in [0.15, 0.2) is 11.5 Å². The zero-order valence-electron chi connectivity index (χ0n) is 10.3. The predicted octanol–water partition coefficient (Wildman–Crippen LogP) is 1.52. The van der Waals surface area contributed by atoms with E-state index in [0.29, 0.717) is 5.75 Å². The van der Waals surface area contributed by atoms with Gasteiger partial charge in [-0.1, -0.05) is 12.1 Å². The van der Waals surface area contributed by atoms with E-state index in [1.54, 1.807) is 12.1 Å². The number of hydrogen-bond donors (Lipinski definition) is 3. The summed E-state index contributed by atoms with van der Waals surface area (Å²) in [6.07, 6.45) is 0.766. The number of carbonyl (C=O) groups is 1. The van der Waals surface area contributed by atoms with Crippen LogP contribution in [0.25, 0.3) is 0 Å². The van der Waals surface area contributed by atoms with Crippen LogP contribution in [0.5, 0.6) is 11.5 Å². The van der Waals surface area contributed by atoms with Crippen molar-refractivity contribution in [3.63, 3.8) is 0 Å². The first-order valence-corrected chi connectivity index (χ1v) is 5.62. The van der Waals surface area contributed by atoms with Gasteiger partial charge in [-0.2, -0.15) is 0 Å². The number of carboxylic acid groups (broad SMARTS) is 2. The normalized spacial score (nSPS) is 8.16. The summed E-state index contributed by atoms with van der Waals surface area (Å²) < 4.78 is 8.81. The maximum absolute atomic E-state index is 9.25. The molecule has 1 aromatic rings. The van der Waals surface area contributed by atoms with Crippen LogP contribution < -0.4 is 4.74 Å². The van der Waals surface area contributed by atoms with Gasteiger partial charge in [0.05, 0.1) is 7.11 Å². The summed E-state index contributed by atoms with van der Waals surface area (Å²) in [6.45, 7) is 3.63. The van der Waals surface area contributed by atoms with Crippen LogP contribution >= 0.6 is 0 Å². The van der Waals surface area contributed by atoms with Crippen molar-refractivity contribution >= 4 is 27.1 Å². The molecule has 0 amide bonds. The van der Waals surface area contributed by atoms with Gasteiger partial charge in [0.1, 0.15) is 0 Å². The summed E-state index contributed by atoms with van der Waals surface area (Å²) in [6, 6.07) is 5.27. The van der Waals surface area contributed by atoms with Crippen molar-refractivity contribution in [2.24, 2.45) is 0 Å². The first-order valence-electron chi connectivity index (χ1n) is 4.80. The number of aromatic hydroxyl groups is 1. The van der Waals surface area contributed by atoms with E-state index < -0.39 is 6.16 Å². The lowest BCUT2D eigenvalue weighted by atomic mass is 10.1. The third-order valence-corrected chi connectivity index (χ3v) is 1.62. The highest BCUT2D eigenvalue weighted by Crippen LogP contribution is 2.26. The van der Waals surface area contributed by atoms with Crippen molar-refractivity contribution in [1.29, 1.82) is 0 Å². The molecule has 3 N–H and O–H groups in total. The van der Waals surface area contributed by atoms with Gasteiger partial charge in [0.25, 0.3) is 0 Å². The van der Waals surface area contributed by atoms with Gasteiger partial charge in [-0.3, -0.25) is 0 Å². The molecule has 6 radical (unpaired) electrons. The van der Waals surface area contributed by atoms with Crippen molar-refractivity contribution in [2.45, 2.75) is 6.42 Å². The molecular weight excluding hydrogens is 284 g/mol. The molecule has 0 aliphatic heterocycles. The van der Waals surface area contributed by atoms with E-state index in [1.165, 1.54) is 7.11 Å². The lowest BCUT2D eigenvalue weighted by Crippen LogP contribution is -1.86. The minimum atomic E-state index is -1.83. The molecule has 102 valence electrons. The monoisotopic (exact) mass is 298 g/mol. The topological polar surface area (TPSA) is 96.2 Å². The molecule has 0 saturated carbocycles. The largest absolute Gasteiger partial charge is 0.504 e. The van der Waals surface area contributed by atoms with Crippen LogP contribution in [0.3, 0.4) is 0 Å². The van der Waals surface area contributed by atoms with Crippen molar-refractivity contribution in [1.82, 2.24) is 0 Å². The van der Waals surface area contributed by atoms with Crippen LogP contribution in [0.2, 0.25) is 0 Å². The summed E-state index contributed by atoms with van der Waals surface area (Å²) in [5.41, 5.74) is 1.08. The molecule has 0 aromatic heterocycles. The second-order valence-electron chi connectivity index (χ2n) is 2.88. The molecule has 6 nitrogen and oxygen atoms in total. The van der Waals surface area contributed by atoms with Crippen molar-refractivity contribution in [3.8, 4) is 11.5 Å². The minimum Gasteiger partial charge on any atom is -0.504 e. The first kappa shape index (κ1) is 19.6. The summed E-state index contributed by atoms with van der Waals surface area (Å²) in [4.78, 5) is 8.56. The average molecular weight is 298 g/mol. The number of hydrogen-bond acceptors (Lipinski definition) is 4. The Bertz CT molecular complexity index is 379. The van der Waals surface area contributed by atoms with E-state index in [0.717, 1.165) is 12.0 Å². The zero-order valence-corrected chi connectivity index (χ0v) is 12.3. The highest BCUT2D eigenvalue weighted by molar-refractivity contribution is 6.15.